The molecule has 1 rings (SSSR count). The molecule has 0 saturated heterocycles. The molecule has 0 aliphatic carbocycles. The lowest BCUT2D eigenvalue weighted by atomic mass is 10.1. The lowest BCUT2D eigenvalue weighted by molar-refractivity contribution is -0.137. The molecule has 0 spiro atoms. The van der Waals surface area contributed by atoms with Crippen LogP contribution in [0.4, 0.5) is 13.2 Å². The van der Waals surface area contributed by atoms with Crippen LogP contribution in [-0.4, -0.2) is 31.1 Å². The van der Waals surface area contributed by atoms with E-state index in [1.54, 1.807) is 6.07 Å². The molecule has 0 radical (unpaired) electrons. The van der Waals surface area contributed by atoms with Gasteiger partial charge in [-0.1, -0.05) is 32.0 Å². The normalized spacial score (nSPS) is 12.1. The van der Waals surface area contributed by atoms with E-state index in [1.807, 2.05) is 13.8 Å². The highest BCUT2D eigenvalue weighted by molar-refractivity contribution is 5.25. The summed E-state index contributed by atoms with van der Waals surface area (Å²) in [5.74, 6) is 0. The van der Waals surface area contributed by atoms with E-state index >= 15 is 0 Å². The average Bonchev–Trinajstić information content (AvgIpc) is 2.37. The van der Waals surface area contributed by atoms with Gasteiger partial charge in [-0.25, -0.2) is 0 Å². The van der Waals surface area contributed by atoms with Crippen LogP contribution in [0, 0.1) is 0 Å². The molecule has 0 aromatic heterocycles. The second kappa shape index (κ2) is 7.50. The van der Waals surface area contributed by atoms with E-state index in [4.69, 9.17) is 0 Å². The fraction of sp³-hybridized carbons (Fsp3) is 0.571. The van der Waals surface area contributed by atoms with Crippen LogP contribution in [0.25, 0.3) is 0 Å². The number of rotatable bonds is 7. The van der Waals surface area contributed by atoms with E-state index in [9.17, 15) is 13.2 Å². The van der Waals surface area contributed by atoms with Crippen LogP contribution in [0.15, 0.2) is 24.3 Å². The van der Waals surface area contributed by atoms with Crippen molar-refractivity contribution in [1.82, 2.24) is 10.2 Å². The van der Waals surface area contributed by atoms with E-state index in [0.29, 0.717) is 12.1 Å². The first-order valence-electron chi connectivity index (χ1n) is 6.56. The van der Waals surface area contributed by atoms with Gasteiger partial charge in [-0.05, 0) is 24.7 Å². The number of alkyl halides is 3. The molecule has 0 heterocycles. The Kier molecular flexibility index (Phi) is 6.31. The molecule has 2 nitrogen and oxygen atoms in total. The van der Waals surface area contributed by atoms with Gasteiger partial charge >= 0.3 is 6.18 Å². The third-order valence-electron chi connectivity index (χ3n) is 2.96. The number of nitrogens with one attached hydrogen (secondary N) is 1. The van der Waals surface area contributed by atoms with Gasteiger partial charge in [0.1, 0.15) is 0 Å². The van der Waals surface area contributed by atoms with Crippen molar-refractivity contribution < 1.29 is 13.2 Å². The Hall–Kier alpha value is -1.07. The van der Waals surface area contributed by atoms with Gasteiger partial charge in [-0.15, -0.1) is 0 Å². The fourth-order valence-electron chi connectivity index (χ4n) is 1.87. The van der Waals surface area contributed by atoms with Gasteiger partial charge in [-0.3, -0.25) is 4.90 Å². The molecule has 0 atom stereocenters. The molecule has 0 saturated carbocycles. The lowest BCUT2D eigenvalue weighted by Crippen LogP contribution is -2.31. The van der Waals surface area contributed by atoms with Gasteiger partial charge in [0.2, 0.25) is 0 Å². The summed E-state index contributed by atoms with van der Waals surface area (Å²) in [4.78, 5) is 2.12. The molecule has 0 fully saturated rings. The minimum Gasteiger partial charge on any atom is -0.316 e. The highest BCUT2D eigenvalue weighted by Gasteiger charge is 2.30. The molecule has 1 aromatic carbocycles. The number of hydrogen-bond acceptors (Lipinski definition) is 2. The fourth-order valence-corrected chi connectivity index (χ4v) is 1.87. The summed E-state index contributed by atoms with van der Waals surface area (Å²) < 4.78 is 37.8. The monoisotopic (exact) mass is 274 g/mol. The van der Waals surface area contributed by atoms with Gasteiger partial charge in [-0.2, -0.15) is 13.2 Å². The van der Waals surface area contributed by atoms with Crippen LogP contribution in [0.3, 0.4) is 0 Å². The first-order chi connectivity index (χ1) is 8.97. The van der Waals surface area contributed by atoms with Crippen molar-refractivity contribution in [2.75, 3.05) is 26.2 Å². The molecular weight excluding hydrogens is 253 g/mol. The van der Waals surface area contributed by atoms with E-state index in [-0.39, 0.29) is 0 Å². The van der Waals surface area contributed by atoms with Crippen LogP contribution in [0.1, 0.15) is 25.0 Å². The zero-order valence-electron chi connectivity index (χ0n) is 11.4. The molecule has 0 aliphatic heterocycles. The Bertz CT molecular complexity index is 377. The molecule has 0 aliphatic rings. The summed E-state index contributed by atoms with van der Waals surface area (Å²) in [6, 6.07) is 5.55. The van der Waals surface area contributed by atoms with Gasteiger partial charge in [0.15, 0.2) is 0 Å². The lowest BCUT2D eigenvalue weighted by Gasteiger charge is -2.21. The molecule has 5 heteroatoms. The molecule has 0 bridgehead atoms. The Morgan fingerprint density at radius 1 is 1.21 bits per heavy atom. The predicted molar refractivity (Wildman–Crippen MR) is 70.9 cm³/mol. The van der Waals surface area contributed by atoms with Crippen molar-refractivity contribution in [1.29, 1.82) is 0 Å². The summed E-state index contributed by atoms with van der Waals surface area (Å²) in [5, 5.41) is 3.21. The largest absolute Gasteiger partial charge is 0.416 e. The number of benzene rings is 1. The molecule has 19 heavy (non-hydrogen) atoms. The van der Waals surface area contributed by atoms with Crippen molar-refractivity contribution in [3.05, 3.63) is 35.4 Å². The maximum atomic E-state index is 12.6. The van der Waals surface area contributed by atoms with Gasteiger partial charge < -0.3 is 5.32 Å². The van der Waals surface area contributed by atoms with E-state index in [2.05, 4.69) is 10.2 Å². The maximum absolute atomic E-state index is 12.6. The smallest absolute Gasteiger partial charge is 0.316 e. The second-order valence-electron chi connectivity index (χ2n) is 4.42. The summed E-state index contributed by atoms with van der Waals surface area (Å²) in [6.07, 6.45) is -4.27. The quantitative estimate of drug-likeness (QED) is 0.768. The Morgan fingerprint density at radius 2 is 1.95 bits per heavy atom. The second-order valence-corrected chi connectivity index (χ2v) is 4.42. The highest BCUT2D eigenvalue weighted by Crippen LogP contribution is 2.29. The van der Waals surface area contributed by atoms with E-state index in [1.165, 1.54) is 12.1 Å². The molecule has 0 amide bonds. The maximum Gasteiger partial charge on any atom is 0.416 e. The molecule has 0 unspecified atom stereocenters. The minimum absolute atomic E-state index is 0.547. The Morgan fingerprint density at radius 3 is 2.53 bits per heavy atom. The summed E-state index contributed by atoms with van der Waals surface area (Å²) >= 11 is 0. The van der Waals surface area contributed by atoms with Gasteiger partial charge in [0.25, 0.3) is 0 Å². The van der Waals surface area contributed by atoms with Crippen LogP contribution >= 0.6 is 0 Å². The first kappa shape index (κ1) is 16.0. The van der Waals surface area contributed by atoms with E-state index in [0.717, 1.165) is 32.2 Å². The van der Waals surface area contributed by atoms with E-state index < -0.39 is 11.7 Å². The first-order valence-corrected chi connectivity index (χ1v) is 6.56. The van der Waals surface area contributed by atoms with Crippen LogP contribution in [0.5, 0.6) is 0 Å². The van der Waals surface area contributed by atoms with Crippen molar-refractivity contribution in [2.45, 2.75) is 26.6 Å². The third kappa shape index (κ3) is 5.61. The number of halogens is 3. The van der Waals surface area contributed by atoms with Crippen molar-refractivity contribution in [2.24, 2.45) is 0 Å². The number of hydrogen-bond donors (Lipinski definition) is 1. The molecule has 1 aromatic rings. The van der Waals surface area contributed by atoms with Crippen LogP contribution in [0.2, 0.25) is 0 Å². The third-order valence-corrected chi connectivity index (χ3v) is 2.96. The summed E-state index contributed by atoms with van der Waals surface area (Å²) in [6.45, 7) is 8.00. The van der Waals surface area contributed by atoms with Crippen molar-refractivity contribution in [3.8, 4) is 0 Å². The Balaban J connectivity index is 2.64. The number of likely N-dealkylation sites (N-methyl/N-ethyl adjacent to an activating group) is 2. The minimum atomic E-state index is -4.27. The molecule has 1 N–H and O–H groups in total. The van der Waals surface area contributed by atoms with Gasteiger partial charge in [0.05, 0.1) is 5.56 Å². The van der Waals surface area contributed by atoms with Crippen molar-refractivity contribution >= 4 is 0 Å². The summed E-state index contributed by atoms with van der Waals surface area (Å²) in [5.41, 5.74) is 0.126. The van der Waals surface area contributed by atoms with Crippen LogP contribution < -0.4 is 5.32 Å². The zero-order chi connectivity index (χ0) is 14.3. The standard InChI is InChI=1S/C14H21F3N2/c1-3-18-8-9-19(4-2)11-12-6-5-7-13(10-12)14(15,16)17/h5-7,10,18H,3-4,8-9,11H2,1-2H3. The summed E-state index contributed by atoms with van der Waals surface area (Å²) in [7, 11) is 0. The Labute approximate surface area is 112 Å². The number of nitrogens with zero attached hydrogens (tertiary/aromatic N) is 1. The SMILES string of the molecule is CCNCCN(CC)Cc1cccc(C(F)(F)F)c1. The van der Waals surface area contributed by atoms with Crippen LogP contribution in [-0.2, 0) is 12.7 Å². The zero-order valence-corrected chi connectivity index (χ0v) is 11.4. The molecular formula is C14H21F3N2. The van der Waals surface area contributed by atoms with Crippen molar-refractivity contribution in [3.63, 3.8) is 0 Å². The predicted octanol–water partition coefficient (Wildman–Crippen LogP) is 3.14. The van der Waals surface area contributed by atoms with Gasteiger partial charge in [0, 0.05) is 19.6 Å². The topological polar surface area (TPSA) is 15.3 Å². The highest BCUT2D eigenvalue weighted by atomic mass is 19.4. The molecule has 108 valence electrons. The average molecular weight is 274 g/mol.